The summed E-state index contributed by atoms with van der Waals surface area (Å²) in [7, 11) is 0. The lowest BCUT2D eigenvalue weighted by Crippen LogP contribution is -2.37. The summed E-state index contributed by atoms with van der Waals surface area (Å²) in [6.45, 7) is 10.4. The first kappa shape index (κ1) is 19.0. The number of nitrogens with zero attached hydrogens (tertiary/aromatic N) is 1. The minimum atomic E-state index is 0. The molecular formula is C16H26IN3. The van der Waals surface area contributed by atoms with Crippen LogP contribution in [0.5, 0.6) is 0 Å². The summed E-state index contributed by atoms with van der Waals surface area (Å²) < 4.78 is 0. The van der Waals surface area contributed by atoms with Crippen molar-refractivity contribution in [1.29, 1.82) is 0 Å². The fraction of sp³-hybridized carbons (Fsp3) is 0.438. The van der Waals surface area contributed by atoms with Gasteiger partial charge in [-0.3, -0.25) is 4.99 Å². The lowest BCUT2D eigenvalue weighted by molar-refractivity contribution is 0.669. The second-order valence-corrected chi connectivity index (χ2v) is 4.41. The van der Waals surface area contributed by atoms with Crippen LogP contribution in [0.25, 0.3) is 0 Å². The summed E-state index contributed by atoms with van der Waals surface area (Å²) in [5.41, 5.74) is 1.35. The number of rotatable bonds is 7. The minimum Gasteiger partial charge on any atom is -0.357 e. The Kier molecular flexibility index (Phi) is 11.1. The predicted molar refractivity (Wildman–Crippen MR) is 99.1 cm³/mol. The summed E-state index contributed by atoms with van der Waals surface area (Å²) in [6, 6.07) is 10.6. The Hall–Kier alpha value is -1.04. The molecule has 0 fully saturated rings. The molecule has 0 saturated carbocycles. The van der Waals surface area contributed by atoms with Gasteiger partial charge in [-0.15, -0.1) is 30.6 Å². The third kappa shape index (κ3) is 6.93. The van der Waals surface area contributed by atoms with Crippen molar-refractivity contribution in [2.45, 2.75) is 26.2 Å². The zero-order valence-corrected chi connectivity index (χ0v) is 14.8. The van der Waals surface area contributed by atoms with Crippen LogP contribution >= 0.6 is 24.0 Å². The highest BCUT2D eigenvalue weighted by Crippen LogP contribution is 2.19. The third-order valence-corrected chi connectivity index (χ3v) is 2.99. The Bertz CT molecular complexity index is 390. The quantitative estimate of drug-likeness (QED) is 0.325. The molecule has 0 saturated heterocycles. The molecule has 0 aliphatic heterocycles. The first-order chi connectivity index (χ1) is 9.31. The molecule has 0 bridgehead atoms. The van der Waals surface area contributed by atoms with E-state index in [0.717, 1.165) is 32.0 Å². The molecule has 1 aromatic carbocycles. The van der Waals surface area contributed by atoms with Crippen LogP contribution in [-0.4, -0.2) is 25.6 Å². The maximum atomic E-state index is 4.65. The number of halogens is 1. The summed E-state index contributed by atoms with van der Waals surface area (Å²) in [5.74, 6) is 1.33. The SMILES string of the molecule is C=CCNC(=NCC(CC)c1ccccc1)NCC.I. The molecule has 1 atom stereocenters. The van der Waals surface area contributed by atoms with E-state index in [1.165, 1.54) is 5.56 Å². The van der Waals surface area contributed by atoms with Crippen molar-refractivity contribution in [3.05, 3.63) is 48.6 Å². The number of nitrogens with one attached hydrogen (secondary N) is 2. The van der Waals surface area contributed by atoms with Crippen molar-refractivity contribution in [3.63, 3.8) is 0 Å². The van der Waals surface area contributed by atoms with Crippen LogP contribution in [0, 0.1) is 0 Å². The second-order valence-electron chi connectivity index (χ2n) is 4.41. The summed E-state index contributed by atoms with van der Waals surface area (Å²) in [6.07, 6.45) is 2.93. The van der Waals surface area contributed by atoms with Gasteiger partial charge in [-0.05, 0) is 18.9 Å². The van der Waals surface area contributed by atoms with Gasteiger partial charge >= 0.3 is 0 Å². The number of guanidine groups is 1. The molecule has 0 heterocycles. The molecule has 0 amide bonds. The van der Waals surface area contributed by atoms with Crippen molar-refractivity contribution in [2.75, 3.05) is 19.6 Å². The minimum absolute atomic E-state index is 0. The first-order valence-electron chi connectivity index (χ1n) is 6.99. The maximum Gasteiger partial charge on any atom is 0.191 e. The van der Waals surface area contributed by atoms with E-state index in [0.29, 0.717) is 5.92 Å². The summed E-state index contributed by atoms with van der Waals surface area (Å²) in [5, 5.41) is 6.46. The van der Waals surface area contributed by atoms with Crippen molar-refractivity contribution < 1.29 is 0 Å². The van der Waals surface area contributed by atoms with E-state index in [2.05, 4.69) is 66.4 Å². The van der Waals surface area contributed by atoms with Gasteiger partial charge in [0.15, 0.2) is 5.96 Å². The largest absolute Gasteiger partial charge is 0.357 e. The van der Waals surface area contributed by atoms with Crippen LogP contribution in [0.1, 0.15) is 31.7 Å². The molecule has 20 heavy (non-hydrogen) atoms. The Morgan fingerprint density at radius 1 is 1.25 bits per heavy atom. The standard InChI is InChI=1S/C16H25N3.HI/c1-4-12-18-16(17-6-3)19-13-14(5-2)15-10-8-7-9-11-15;/h4,7-11,14H,1,5-6,12-13H2,2-3H3,(H2,17,18,19);1H. The van der Waals surface area contributed by atoms with Crippen LogP contribution in [0.3, 0.4) is 0 Å². The fourth-order valence-corrected chi connectivity index (χ4v) is 1.91. The lowest BCUT2D eigenvalue weighted by Gasteiger charge is -2.15. The van der Waals surface area contributed by atoms with Crippen molar-refractivity contribution in [2.24, 2.45) is 4.99 Å². The normalized spacial score (nSPS) is 12.2. The van der Waals surface area contributed by atoms with Gasteiger partial charge in [0, 0.05) is 25.6 Å². The van der Waals surface area contributed by atoms with Crippen molar-refractivity contribution in [1.82, 2.24) is 10.6 Å². The molecule has 0 aliphatic rings. The molecule has 0 radical (unpaired) electrons. The first-order valence-corrected chi connectivity index (χ1v) is 6.99. The van der Waals surface area contributed by atoms with E-state index in [4.69, 9.17) is 0 Å². The predicted octanol–water partition coefficient (Wildman–Crippen LogP) is 3.54. The van der Waals surface area contributed by atoms with Gasteiger partial charge in [-0.1, -0.05) is 43.3 Å². The Labute approximate surface area is 140 Å². The number of benzene rings is 1. The maximum absolute atomic E-state index is 4.65. The number of hydrogen-bond donors (Lipinski definition) is 2. The average Bonchev–Trinajstić information content (AvgIpc) is 2.46. The van der Waals surface area contributed by atoms with Gasteiger partial charge < -0.3 is 10.6 Å². The van der Waals surface area contributed by atoms with E-state index < -0.39 is 0 Å². The summed E-state index contributed by atoms with van der Waals surface area (Å²) in [4.78, 5) is 4.65. The highest BCUT2D eigenvalue weighted by atomic mass is 127. The molecule has 112 valence electrons. The van der Waals surface area contributed by atoms with Crippen LogP contribution in [-0.2, 0) is 0 Å². The molecule has 1 rings (SSSR count). The lowest BCUT2D eigenvalue weighted by atomic mass is 9.97. The highest BCUT2D eigenvalue weighted by Gasteiger charge is 2.08. The van der Waals surface area contributed by atoms with E-state index in [1.54, 1.807) is 0 Å². The van der Waals surface area contributed by atoms with Gasteiger partial charge in [0.25, 0.3) is 0 Å². The zero-order chi connectivity index (χ0) is 13.9. The third-order valence-electron chi connectivity index (χ3n) is 2.99. The highest BCUT2D eigenvalue weighted by molar-refractivity contribution is 14.0. The van der Waals surface area contributed by atoms with E-state index >= 15 is 0 Å². The van der Waals surface area contributed by atoms with Gasteiger partial charge in [-0.2, -0.15) is 0 Å². The molecule has 0 spiro atoms. The number of hydrogen-bond acceptors (Lipinski definition) is 1. The Balaban J connectivity index is 0.00000361. The van der Waals surface area contributed by atoms with Crippen LogP contribution in [0.2, 0.25) is 0 Å². The topological polar surface area (TPSA) is 36.4 Å². The molecule has 4 heteroatoms. The molecule has 2 N–H and O–H groups in total. The Morgan fingerprint density at radius 2 is 1.95 bits per heavy atom. The van der Waals surface area contributed by atoms with Gasteiger partial charge in [0.05, 0.1) is 0 Å². The molecular weight excluding hydrogens is 361 g/mol. The van der Waals surface area contributed by atoms with E-state index in [9.17, 15) is 0 Å². The van der Waals surface area contributed by atoms with Gasteiger partial charge in [0.2, 0.25) is 0 Å². The van der Waals surface area contributed by atoms with Crippen LogP contribution in [0.15, 0.2) is 48.0 Å². The molecule has 0 aromatic heterocycles. The van der Waals surface area contributed by atoms with Gasteiger partial charge in [0.1, 0.15) is 0 Å². The summed E-state index contributed by atoms with van der Waals surface area (Å²) >= 11 is 0. The van der Waals surface area contributed by atoms with Crippen molar-refractivity contribution >= 4 is 29.9 Å². The molecule has 0 aliphatic carbocycles. The van der Waals surface area contributed by atoms with Crippen molar-refractivity contribution in [3.8, 4) is 0 Å². The van der Waals surface area contributed by atoms with Crippen LogP contribution < -0.4 is 10.6 Å². The average molecular weight is 387 g/mol. The number of aliphatic imine (C=N–C) groups is 1. The zero-order valence-electron chi connectivity index (χ0n) is 12.4. The smallest absolute Gasteiger partial charge is 0.191 e. The van der Waals surface area contributed by atoms with E-state index in [1.807, 2.05) is 6.08 Å². The van der Waals surface area contributed by atoms with Crippen LogP contribution in [0.4, 0.5) is 0 Å². The molecule has 1 aromatic rings. The van der Waals surface area contributed by atoms with Gasteiger partial charge in [-0.25, -0.2) is 0 Å². The molecule has 3 nitrogen and oxygen atoms in total. The van der Waals surface area contributed by atoms with E-state index in [-0.39, 0.29) is 24.0 Å². The monoisotopic (exact) mass is 387 g/mol. The molecule has 1 unspecified atom stereocenters. The fourth-order valence-electron chi connectivity index (χ4n) is 1.91. The Morgan fingerprint density at radius 3 is 2.50 bits per heavy atom. The second kappa shape index (κ2) is 11.8.